The number of hydrogen-bond acceptors (Lipinski definition) is 10. The van der Waals surface area contributed by atoms with Gasteiger partial charge in [0.1, 0.15) is 0 Å². The summed E-state index contributed by atoms with van der Waals surface area (Å²) in [7, 11) is -1.54. The van der Waals surface area contributed by atoms with Crippen LogP contribution in [0.1, 0.15) is 74.5 Å². The summed E-state index contributed by atoms with van der Waals surface area (Å²) in [6.45, 7) is 0.475. The molecule has 7 rings (SSSR count). The molecule has 3 aromatic rings. The number of carbonyl (C=O) groups excluding carboxylic acids is 2. The Morgan fingerprint density at radius 1 is 1.04 bits per heavy atom. The molecule has 1 atom stereocenters. The van der Waals surface area contributed by atoms with Gasteiger partial charge in [0, 0.05) is 44.5 Å². The van der Waals surface area contributed by atoms with Crippen LogP contribution >= 0.6 is 0 Å². The number of ether oxygens (including phenoxy) is 1. The zero-order valence-corrected chi connectivity index (χ0v) is 28.3. The molecule has 13 nitrogen and oxygen atoms in total. The molecule has 1 aromatic carbocycles. The maximum absolute atomic E-state index is 13.5. The standard InChI is InChI=1S/C33H42F2N8O5S/c1-41-27-16-22(2-3-25(27)29(40-41)26-4-5-28(44)39-30(26)45)21-6-12-42(13-7-21)19-33(10-11-33)20-49(46,47)43-14-8-23(9-15-43)38-32-36-17-24(18-37-32)48-31(34)35/h2-3,16-18,21,23,26,31H,4-15,19-20H2,1H3,(H,36,37,38)(H,39,44,45). The quantitative estimate of drug-likeness (QED) is 0.285. The molecule has 1 unspecified atom stereocenters. The minimum absolute atomic E-state index is 0.0181. The van der Waals surface area contributed by atoms with Crippen LogP contribution in [-0.2, 0) is 26.7 Å². The number of aromatic nitrogens is 4. The van der Waals surface area contributed by atoms with Gasteiger partial charge in [-0.1, -0.05) is 12.1 Å². The van der Waals surface area contributed by atoms with Crippen LogP contribution in [0.4, 0.5) is 14.7 Å². The van der Waals surface area contributed by atoms with E-state index in [1.807, 2.05) is 11.7 Å². The van der Waals surface area contributed by atoms with Crippen LogP contribution in [0.2, 0.25) is 0 Å². The molecule has 4 aliphatic rings. The summed E-state index contributed by atoms with van der Waals surface area (Å²) in [6, 6.07) is 6.36. The average molecular weight is 701 g/mol. The van der Waals surface area contributed by atoms with Crippen molar-refractivity contribution in [2.45, 2.75) is 75.9 Å². The van der Waals surface area contributed by atoms with Crippen molar-refractivity contribution in [3.8, 4) is 5.75 Å². The number of fused-ring (bicyclic) bond motifs is 1. The van der Waals surface area contributed by atoms with Gasteiger partial charge in [0.2, 0.25) is 27.8 Å². The summed E-state index contributed by atoms with van der Waals surface area (Å²) < 4.78 is 59.5. The van der Waals surface area contributed by atoms with E-state index in [9.17, 15) is 26.8 Å². The molecule has 264 valence electrons. The Morgan fingerprint density at radius 2 is 1.76 bits per heavy atom. The molecule has 0 bridgehead atoms. The van der Waals surface area contributed by atoms with Crippen LogP contribution in [0.15, 0.2) is 30.6 Å². The Bertz CT molecular complexity index is 1800. The van der Waals surface area contributed by atoms with E-state index in [0.717, 1.165) is 61.9 Å². The van der Waals surface area contributed by atoms with E-state index in [4.69, 9.17) is 0 Å². The minimum Gasteiger partial charge on any atom is -0.432 e. The van der Waals surface area contributed by atoms with E-state index in [1.54, 1.807) is 4.31 Å². The van der Waals surface area contributed by atoms with E-state index in [1.165, 1.54) is 18.0 Å². The monoisotopic (exact) mass is 700 g/mol. The summed E-state index contributed by atoms with van der Waals surface area (Å²) >= 11 is 0. The van der Waals surface area contributed by atoms with E-state index < -0.39 is 22.6 Å². The zero-order valence-electron chi connectivity index (χ0n) is 27.5. The highest BCUT2D eigenvalue weighted by atomic mass is 32.2. The third-order valence-corrected chi connectivity index (χ3v) is 12.7. The molecular weight excluding hydrogens is 658 g/mol. The summed E-state index contributed by atoms with van der Waals surface area (Å²) in [4.78, 5) is 34.6. The first-order valence-electron chi connectivity index (χ1n) is 17.0. The number of carbonyl (C=O) groups is 2. The normalized spacial score (nSPS) is 22.8. The lowest BCUT2D eigenvalue weighted by Gasteiger charge is -2.36. The Balaban J connectivity index is 0.894. The van der Waals surface area contributed by atoms with Crippen molar-refractivity contribution in [1.82, 2.24) is 34.3 Å². The predicted octanol–water partition coefficient (Wildman–Crippen LogP) is 3.35. The fraction of sp³-hybridized carbons (Fsp3) is 0.606. The number of likely N-dealkylation sites (tertiary alicyclic amines) is 1. The largest absolute Gasteiger partial charge is 0.432 e. The van der Waals surface area contributed by atoms with Gasteiger partial charge in [-0.15, -0.1) is 0 Å². The second-order valence-electron chi connectivity index (χ2n) is 14.0. The molecule has 0 spiro atoms. The number of benzene rings is 1. The minimum atomic E-state index is -3.42. The molecule has 2 N–H and O–H groups in total. The number of hydrogen-bond donors (Lipinski definition) is 2. The van der Waals surface area contributed by atoms with Crippen molar-refractivity contribution in [3.05, 3.63) is 41.9 Å². The van der Waals surface area contributed by atoms with Crippen molar-refractivity contribution in [3.63, 3.8) is 0 Å². The SMILES string of the molecule is Cn1nc(C2CCC(=O)NC2=O)c2ccc(C3CCN(CC4(CS(=O)(=O)N5CCC(Nc6ncc(OC(F)F)cn6)CC5)CC4)CC3)cc21. The second-order valence-corrected chi connectivity index (χ2v) is 16.0. The summed E-state index contributed by atoms with van der Waals surface area (Å²) in [5.41, 5.74) is 2.75. The summed E-state index contributed by atoms with van der Waals surface area (Å²) in [5, 5.41) is 11.2. The van der Waals surface area contributed by atoms with Gasteiger partial charge in [-0.05, 0) is 81.0 Å². The molecule has 1 aliphatic carbocycles. The van der Waals surface area contributed by atoms with E-state index in [2.05, 4.69) is 53.5 Å². The van der Waals surface area contributed by atoms with Crippen molar-refractivity contribution in [2.75, 3.05) is 43.8 Å². The summed E-state index contributed by atoms with van der Waals surface area (Å²) in [6.07, 6.45) is 8.14. The maximum atomic E-state index is 13.5. The molecule has 5 heterocycles. The number of halogens is 2. The number of anilines is 1. The van der Waals surface area contributed by atoms with Gasteiger partial charge < -0.3 is 15.0 Å². The number of amides is 2. The number of nitrogens with one attached hydrogen (secondary N) is 2. The molecule has 2 aromatic heterocycles. The third-order valence-electron chi connectivity index (χ3n) is 10.6. The zero-order chi connectivity index (χ0) is 34.3. The van der Waals surface area contributed by atoms with Gasteiger partial charge in [0.05, 0.1) is 35.3 Å². The topological polar surface area (TPSA) is 152 Å². The first kappa shape index (κ1) is 33.7. The molecule has 3 aliphatic heterocycles. The molecule has 49 heavy (non-hydrogen) atoms. The highest BCUT2D eigenvalue weighted by Crippen LogP contribution is 2.48. The maximum Gasteiger partial charge on any atom is 0.387 e. The van der Waals surface area contributed by atoms with Crippen LogP contribution in [0.3, 0.4) is 0 Å². The first-order chi connectivity index (χ1) is 23.5. The smallest absolute Gasteiger partial charge is 0.387 e. The van der Waals surface area contributed by atoms with Crippen molar-refractivity contribution in [2.24, 2.45) is 12.5 Å². The third kappa shape index (κ3) is 7.55. The number of sulfonamides is 1. The summed E-state index contributed by atoms with van der Waals surface area (Å²) in [5.74, 6) is -0.222. The Labute approximate surface area is 283 Å². The van der Waals surface area contributed by atoms with E-state index >= 15 is 0 Å². The molecule has 0 radical (unpaired) electrons. The number of nitrogens with zero attached hydrogens (tertiary/aromatic N) is 6. The lowest BCUT2D eigenvalue weighted by molar-refractivity contribution is -0.134. The number of aryl methyl sites for hydroxylation is 1. The lowest BCUT2D eigenvalue weighted by atomic mass is 9.87. The van der Waals surface area contributed by atoms with Gasteiger partial charge in [-0.2, -0.15) is 13.9 Å². The van der Waals surface area contributed by atoms with Crippen LogP contribution < -0.4 is 15.4 Å². The Hall–Kier alpha value is -3.76. The van der Waals surface area contributed by atoms with Gasteiger partial charge in [-0.3, -0.25) is 19.6 Å². The fourth-order valence-electron chi connectivity index (χ4n) is 7.69. The predicted molar refractivity (Wildman–Crippen MR) is 177 cm³/mol. The molecule has 2 amide bonds. The number of piperidine rings is 3. The lowest BCUT2D eigenvalue weighted by Crippen LogP contribution is -2.46. The fourth-order valence-corrected chi connectivity index (χ4v) is 9.79. The van der Waals surface area contributed by atoms with Crippen LogP contribution in [0.25, 0.3) is 10.9 Å². The second kappa shape index (κ2) is 13.5. The highest BCUT2D eigenvalue weighted by Gasteiger charge is 2.49. The van der Waals surface area contributed by atoms with Crippen LogP contribution in [0.5, 0.6) is 5.75 Å². The van der Waals surface area contributed by atoms with E-state index in [-0.39, 0.29) is 34.8 Å². The molecule has 3 saturated heterocycles. The van der Waals surface area contributed by atoms with Gasteiger partial charge in [-0.25, -0.2) is 22.7 Å². The molecule has 4 fully saturated rings. The van der Waals surface area contributed by atoms with Crippen molar-refractivity contribution < 1.29 is 31.5 Å². The van der Waals surface area contributed by atoms with Gasteiger partial charge in [0.15, 0.2) is 5.75 Å². The van der Waals surface area contributed by atoms with Crippen LogP contribution in [-0.4, -0.2) is 100 Å². The highest BCUT2D eigenvalue weighted by molar-refractivity contribution is 7.89. The van der Waals surface area contributed by atoms with Crippen molar-refractivity contribution >= 4 is 38.7 Å². The average Bonchev–Trinajstić information content (AvgIpc) is 3.73. The number of alkyl halides is 2. The Kier molecular flexibility index (Phi) is 9.30. The Morgan fingerprint density at radius 3 is 2.41 bits per heavy atom. The van der Waals surface area contributed by atoms with Crippen molar-refractivity contribution in [1.29, 1.82) is 0 Å². The van der Waals surface area contributed by atoms with E-state index in [0.29, 0.717) is 50.6 Å². The molecule has 16 heteroatoms. The van der Waals surface area contributed by atoms with Gasteiger partial charge >= 0.3 is 6.61 Å². The van der Waals surface area contributed by atoms with Crippen LogP contribution in [0, 0.1) is 5.41 Å². The number of rotatable bonds is 11. The molecule has 1 saturated carbocycles. The first-order valence-corrected chi connectivity index (χ1v) is 18.6. The van der Waals surface area contributed by atoms with Gasteiger partial charge in [0.25, 0.3) is 0 Å². The number of imide groups is 1. The molecular formula is C33H42F2N8O5S.